The van der Waals surface area contributed by atoms with Gasteiger partial charge >= 0.3 is 0 Å². The Hall–Kier alpha value is -0.220. The summed E-state index contributed by atoms with van der Waals surface area (Å²) >= 11 is 7.71. The van der Waals surface area contributed by atoms with Gasteiger partial charge in [0.1, 0.15) is 0 Å². The first kappa shape index (κ1) is 14.8. The maximum Gasteiger partial charge on any atom is 0.0557 e. The van der Waals surface area contributed by atoms with E-state index < -0.39 is 0 Å². The fourth-order valence-electron chi connectivity index (χ4n) is 1.48. The van der Waals surface area contributed by atoms with Gasteiger partial charge in [0.2, 0.25) is 0 Å². The van der Waals surface area contributed by atoms with E-state index >= 15 is 0 Å². The lowest BCUT2D eigenvalue weighted by molar-refractivity contribution is 0.282. The van der Waals surface area contributed by atoms with Gasteiger partial charge in [-0.3, -0.25) is 4.72 Å². The molecule has 0 spiro atoms. The molecule has 0 fully saturated rings. The molecule has 0 radical (unpaired) electrons. The lowest BCUT2D eigenvalue weighted by Crippen LogP contribution is -2.05. The van der Waals surface area contributed by atoms with Gasteiger partial charge in [-0.25, -0.2) is 0 Å². The van der Waals surface area contributed by atoms with Crippen LogP contribution in [0.3, 0.4) is 0 Å². The highest BCUT2D eigenvalue weighted by molar-refractivity contribution is 7.97. The van der Waals surface area contributed by atoms with E-state index in [1.807, 2.05) is 19.1 Å². The molecule has 0 amide bonds. The SMILES string of the molecule is Cc1ccc(SNCCCCCCO)c(Cl)c1. The van der Waals surface area contributed by atoms with E-state index in [1.54, 1.807) is 11.9 Å². The number of benzene rings is 1. The second-order valence-corrected chi connectivity index (χ2v) is 5.41. The van der Waals surface area contributed by atoms with Crippen LogP contribution in [0.15, 0.2) is 23.1 Å². The van der Waals surface area contributed by atoms with Crippen LogP contribution in [-0.4, -0.2) is 18.3 Å². The van der Waals surface area contributed by atoms with Crippen LogP contribution in [0.25, 0.3) is 0 Å². The third kappa shape index (κ3) is 6.32. The number of aliphatic hydroxyl groups is 1. The largest absolute Gasteiger partial charge is 0.396 e. The Morgan fingerprint density at radius 1 is 1.24 bits per heavy atom. The molecule has 1 aromatic rings. The number of halogens is 1. The van der Waals surface area contributed by atoms with Gasteiger partial charge in [0.25, 0.3) is 0 Å². The fraction of sp³-hybridized carbons (Fsp3) is 0.538. The molecule has 0 aliphatic heterocycles. The highest BCUT2D eigenvalue weighted by Gasteiger charge is 2.00. The summed E-state index contributed by atoms with van der Waals surface area (Å²) in [5.41, 5.74) is 1.18. The summed E-state index contributed by atoms with van der Waals surface area (Å²) in [5.74, 6) is 0. The van der Waals surface area contributed by atoms with Crippen LogP contribution in [0.4, 0.5) is 0 Å². The standard InChI is InChI=1S/C13H20ClNOS/c1-11-6-7-13(12(14)10-11)17-15-8-4-2-3-5-9-16/h6-7,10,15-16H,2-5,8-9H2,1H3. The zero-order valence-electron chi connectivity index (χ0n) is 10.2. The molecule has 0 bridgehead atoms. The number of nitrogens with one attached hydrogen (secondary N) is 1. The van der Waals surface area contributed by atoms with Gasteiger partial charge in [-0.15, -0.1) is 0 Å². The summed E-state index contributed by atoms with van der Waals surface area (Å²) in [6.07, 6.45) is 4.32. The molecule has 0 unspecified atom stereocenters. The number of aliphatic hydroxyl groups excluding tert-OH is 1. The van der Waals surface area contributed by atoms with E-state index in [-0.39, 0.29) is 0 Å². The summed E-state index contributed by atoms with van der Waals surface area (Å²) in [6.45, 7) is 3.32. The average molecular weight is 274 g/mol. The topological polar surface area (TPSA) is 32.3 Å². The van der Waals surface area contributed by atoms with E-state index in [4.69, 9.17) is 16.7 Å². The van der Waals surface area contributed by atoms with Crippen LogP contribution < -0.4 is 4.72 Å². The molecule has 0 aliphatic rings. The average Bonchev–Trinajstić information content (AvgIpc) is 2.30. The van der Waals surface area contributed by atoms with Crippen molar-refractivity contribution in [1.29, 1.82) is 0 Å². The molecule has 2 N–H and O–H groups in total. The summed E-state index contributed by atoms with van der Waals surface area (Å²) in [4.78, 5) is 1.08. The summed E-state index contributed by atoms with van der Waals surface area (Å²) in [6, 6.07) is 6.09. The Morgan fingerprint density at radius 2 is 2.00 bits per heavy atom. The number of hydrogen-bond acceptors (Lipinski definition) is 3. The molecule has 0 aromatic heterocycles. The maximum atomic E-state index is 8.64. The molecular formula is C13H20ClNOS. The second kappa shape index (κ2) is 8.81. The van der Waals surface area contributed by atoms with Gasteiger partial charge in [0.05, 0.1) is 5.02 Å². The number of rotatable bonds is 8. The van der Waals surface area contributed by atoms with E-state index in [2.05, 4.69) is 10.8 Å². The first-order valence-electron chi connectivity index (χ1n) is 6.01. The molecule has 0 atom stereocenters. The minimum absolute atomic E-state index is 0.307. The molecule has 1 rings (SSSR count). The van der Waals surface area contributed by atoms with E-state index in [0.29, 0.717) is 6.61 Å². The van der Waals surface area contributed by atoms with Crippen molar-refractivity contribution in [3.05, 3.63) is 28.8 Å². The van der Waals surface area contributed by atoms with Crippen molar-refractivity contribution in [2.45, 2.75) is 37.5 Å². The molecule has 2 nitrogen and oxygen atoms in total. The summed E-state index contributed by atoms with van der Waals surface area (Å²) in [7, 11) is 0. The van der Waals surface area contributed by atoms with E-state index in [0.717, 1.165) is 42.1 Å². The zero-order chi connectivity index (χ0) is 12.5. The number of hydrogen-bond donors (Lipinski definition) is 2. The van der Waals surface area contributed by atoms with Crippen molar-refractivity contribution in [3.8, 4) is 0 Å². The first-order chi connectivity index (χ1) is 8.24. The van der Waals surface area contributed by atoms with Crippen molar-refractivity contribution < 1.29 is 5.11 Å². The Bertz CT molecular complexity index is 333. The lowest BCUT2D eigenvalue weighted by Gasteiger charge is -2.06. The molecular weight excluding hydrogens is 254 g/mol. The minimum atomic E-state index is 0.307. The normalized spacial score (nSPS) is 10.8. The quantitative estimate of drug-likeness (QED) is 0.558. The van der Waals surface area contributed by atoms with Crippen LogP contribution in [-0.2, 0) is 0 Å². The van der Waals surface area contributed by atoms with Gasteiger partial charge in [-0.2, -0.15) is 0 Å². The lowest BCUT2D eigenvalue weighted by atomic mass is 10.2. The third-order valence-electron chi connectivity index (χ3n) is 2.46. The Balaban J connectivity index is 2.14. The van der Waals surface area contributed by atoms with Gasteiger partial charge in [-0.05, 0) is 49.4 Å². The third-order valence-corrected chi connectivity index (χ3v) is 3.81. The Labute approximate surface area is 113 Å². The molecule has 17 heavy (non-hydrogen) atoms. The predicted molar refractivity (Wildman–Crippen MR) is 75.6 cm³/mol. The summed E-state index contributed by atoms with van der Waals surface area (Å²) in [5, 5.41) is 9.44. The maximum absolute atomic E-state index is 8.64. The Morgan fingerprint density at radius 3 is 2.71 bits per heavy atom. The van der Waals surface area contributed by atoms with Crippen LogP contribution in [0, 0.1) is 6.92 Å². The highest BCUT2D eigenvalue weighted by Crippen LogP contribution is 2.25. The van der Waals surface area contributed by atoms with Crippen LogP contribution in [0.1, 0.15) is 31.2 Å². The van der Waals surface area contributed by atoms with Crippen molar-refractivity contribution >= 4 is 23.5 Å². The molecule has 0 saturated heterocycles. The second-order valence-electron chi connectivity index (χ2n) is 4.07. The van der Waals surface area contributed by atoms with Gasteiger partial charge < -0.3 is 5.11 Å². The van der Waals surface area contributed by atoms with Crippen LogP contribution in [0.5, 0.6) is 0 Å². The predicted octanol–water partition coefficient (Wildman–Crippen LogP) is 3.80. The van der Waals surface area contributed by atoms with Gasteiger partial charge in [-0.1, -0.05) is 30.5 Å². The van der Waals surface area contributed by atoms with Crippen LogP contribution >= 0.6 is 23.5 Å². The van der Waals surface area contributed by atoms with Crippen molar-refractivity contribution in [1.82, 2.24) is 4.72 Å². The smallest absolute Gasteiger partial charge is 0.0557 e. The first-order valence-corrected chi connectivity index (χ1v) is 7.20. The van der Waals surface area contributed by atoms with E-state index in [1.165, 1.54) is 5.56 Å². The molecule has 96 valence electrons. The Kier molecular flexibility index (Phi) is 7.69. The molecule has 4 heteroatoms. The molecule has 1 aromatic carbocycles. The zero-order valence-corrected chi connectivity index (χ0v) is 11.8. The van der Waals surface area contributed by atoms with E-state index in [9.17, 15) is 0 Å². The fourth-order valence-corrected chi connectivity index (χ4v) is 2.53. The molecule has 0 aliphatic carbocycles. The monoisotopic (exact) mass is 273 g/mol. The van der Waals surface area contributed by atoms with Crippen LogP contribution in [0.2, 0.25) is 5.02 Å². The number of aryl methyl sites for hydroxylation is 1. The van der Waals surface area contributed by atoms with Gasteiger partial charge in [0.15, 0.2) is 0 Å². The molecule has 0 saturated carbocycles. The highest BCUT2D eigenvalue weighted by atomic mass is 35.5. The van der Waals surface area contributed by atoms with Crippen molar-refractivity contribution in [2.24, 2.45) is 0 Å². The minimum Gasteiger partial charge on any atom is -0.396 e. The van der Waals surface area contributed by atoms with Crippen molar-refractivity contribution in [2.75, 3.05) is 13.2 Å². The van der Waals surface area contributed by atoms with Crippen molar-refractivity contribution in [3.63, 3.8) is 0 Å². The van der Waals surface area contributed by atoms with Gasteiger partial charge in [0, 0.05) is 18.0 Å². The molecule has 0 heterocycles. The summed E-state index contributed by atoms with van der Waals surface area (Å²) < 4.78 is 3.31. The number of unbranched alkanes of at least 4 members (excludes halogenated alkanes) is 3.